The summed E-state index contributed by atoms with van der Waals surface area (Å²) in [6, 6.07) is 23.5. The molecule has 1 aliphatic heterocycles. The lowest BCUT2D eigenvalue weighted by Gasteiger charge is -2.39. The quantitative estimate of drug-likeness (QED) is 0.593. The second-order valence-corrected chi connectivity index (χ2v) is 9.71. The van der Waals surface area contributed by atoms with Crippen LogP contribution in [-0.4, -0.2) is 42.9 Å². The average Bonchev–Trinajstić information content (AvgIpc) is 2.73. The van der Waals surface area contributed by atoms with Gasteiger partial charge in [0.15, 0.2) is 0 Å². The van der Waals surface area contributed by atoms with Gasteiger partial charge in [0.25, 0.3) is 0 Å². The molecule has 1 atom stereocenters. The molecule has 1 aliphatic rings. The number of rotatable bonds is 7. The molecule has 3 aromatic carbocycles. The number of hydrogen-bond acceptors (Lipinski definition) is 4. The molecule has 0 bridgehead atoms. The average molecular weight is 437 g/mol. The maximum atomic E-state index is 13.1. The summed E-state index contributed by atoms with van der Waals surface area (Å²) in [6.45, 7) is 0.816. The number of benzene rings is 3. The Labute approximate surface area is 182 Å². The number of nitrogens with two attached hydrogens (primary N) is 1. The Morgan fingerprint density at radius 1 is 1.00 bits per heavy atom. The van der Waals surface area contributed by atoms with Crippen molar-refractivity contribution in [1.29, 1.82) is 0 Å². The van der Waals surface area contributed by atoms with Gasteiger partial charge in [-0.15, -0.1) is 0 Å². The Morgan fingerprint density at radius 2 is 1.68 bits per heavy atom. The molecule has 0 unspecified atom stereocenters. The summed E-state index contributed by atoms with van der Waals surface area (Å²) in [5.74, 6) is -0.995. The van der Waals surface area contributed by atoms with Gasteiger partial charge in [-0.3, -0.25) is 4.79 Å². The zero-order valence-corrected chi connectivity index (χ0v) is 17.7. The van der Waals surface area contributed by atoms with Crippen LogP contribution in [0.3, 0.4) is 0 Å². The highest BCUT2D eigenvalue weighted by Gasteiger charge is 2.38. The molecule has 3 N–H and O–H groups in total. The van der Waals surface area contributed by atoms with Crippen LogP contribution in [0.2, 0.25) is 0 Å². The van der Waals surface area contributed by atoms with Gasteiger partial charge in [0.2, 0.25) is 10.0 Å². The minimum Gasteiger partial charge on any atom is -0.480 e. The first-order chi connectivity index (χ1) is 14.9. The minimum absolute atomic E-state index is 0.0752. The molecule has 0 aliphatic carbocycles. The van der Waals surface area contributed by atoms with Crippen molar-refractivity contribution in [2.45, 2.75) is 23.3 Å². The van der Waals surface area contributed by atoms with Gasteiger partial charge >= 0.3 is 5.97 Å². The van der Waals surface area contributed by atoms with E-state index in [1.165, 1.54) is 16.4 Å². The first kappa shape index (κ1) is 21.2. The highest BCUT2D eigenvalue weighted by Crippen LogP contribution is 2.37. The fourth-order valence-corrected chi connectivity index (χ4v) is 5.49. The maximum Gasteiger partial charge on any atom is 0.320 e. The largest absolute Gasteiger partial charge is 0.480 e. The van der Waals surface area contributed by atoms with E-state index < -0.39 is 22.0 Å². The number of carboxylic acid groups (broad SMARTS) is 1. The predicted octanol–water partition coefficient (Wildman–Crippen LogP) is 3.10. The highest BCUT2D eigenvalue weighted by atomic mass is 32.2. The van der Waals surface area contributed by atoms with E-state index in [-0.39, 0.29) is 17.2 Å². The Kier molecular flexibility index (Phi) is 5.91. The van der Waals surface area contributed by atoms with Crippen LogP contribution in [0.5, 0.6) is 0 Å². The topological polar surface area (TPSA) is 101 Å². The van der Waals surface area contributed by atoms with Crippen molar-refractivity contribution < 1.29 is 18.3 Å². The molecule has 160 valence electrons. The number of hydrogen-bond donors (Lipinski definition) is 2. The zero-order valence-electron chi connectivity index (χ0n) is 16.9. The van der Waals surface area contributed by atoms with Crippen LogP contribution in [0, 0.1) is 0 Å². The summed E-state index contributed by atoms with van der Waals surface area (Å²) in [7, 11) is -3.65. The summed E-state index contributed by atoms with van der Waals surface area (Å²) in [6.07, 6.45) is 0.0752. The van der Waals surface area contributed by atoms with Crippen molar-refractivity contribution >= 4 is 16.0 Å². The maximum absolute atomic E-state index is 13.1. The molecular weight excluding hydrogens is 412 g/mol. The molecule has 31 heavy (non-hydrogen) atoms. The molecule has 0 spiro atoms. The van der Waals surface area contributed by atoms with E-state index in [4.69, 9.17) is 10.8 Å². The van der Waals surface area contributed by atoms with Crippen LogP contribution >= 0.6 is 0 Å². The molecule has 4 rings (SSSR count). The van der Waals surface area contributed by atoms with E-state index in [2.05, 4.69) is 24.3 Å². The summed E-state index contributed by atoms with van der Waals surface area (Å²) in [4.78, 5) is 11.2. The van der Waals surface area contributed by atoms with E-state index in [0.29, 0.717) is 18.7 Å². The van der Waals surface area contributed by atoms with Gasteiger partial charge in [0.1, 0.15) is 6.04 Å². The van der Waals surface area contributed by atoms with Crippen molar-refractivity contribution in [3.8, 4) is 11.1 Å². The normalized spacial score (nSPS) is 15.9. The Hall–Kier alpha value is -3.00. The summed E-state index contributed by atoms with van der Waals surface area (Å²) in [5.41, 5.74) is 9.55. The zero-order chi connectivity index (χ0) is 22.0. The fraction of sp³-hybridized carbons (Fsp3) is 0.208. The van der Waals surface area contributed by atoms with E-state index in [1.807, 2.05) is 30.3 Å². The van der Waals surface area contributed by atoms with E-state index in [0.717, 1.165) is 16.7 Å². The Morgan fingerprint density at radius 3 is 2.39 bits per heavy atom. The summed E-state index contributed by atoms with van der Waals surface area (Å²) in [5, 5.41) is 9.00. The monoisotopic (exact) mass is 436 g/mol. The van der Waals surface area contributed by atoms with Crippen LogP contribution in [0.15, 0.2) is 83.8 Å². The molecule has 3 aromatic rings. The van der Waals surface area contributed by atoms with Gasteiger partial charge in [-0.25, -0.2) is 8.42 Å². The lowest BCUT2D eigenvalue weighted by atomic mass is 9.87. The van der Waals surface area contributed by atoms with Gasteiger partial charge in [0, 0.05) is 19.0 Å². The molecule has 0 aromatic heterocycles. The van der Waals surface area contributed by atoms with Crippen molar-refractivity contribution in [2.24, 2.45) is 5.73 Å². The third-order valence-corrected chi connectivity index (χ3v) is 7.47. The second-order valence-electron chi connectivity index (χ2n) is 7.77. The third-order valence-electron chi connectivity index (χ3n) is 5.64. The van der Waals surface area contributed by atoms with Crippen molar-refractivity contribution in [3.05, 3.63) is 90.0 Å². The number of aliphatic carboxylic acids is 1. The molecule has 0 saturated carbocycles. The van der Waals surface area contributed by atoms with E-state index in [1.54, 1.807) is 12.1 Å². The SMILES string of the molecule is N[C@@H](Cc1cccc(S(=O)(=O)N2CC(c3ccccc3-c3ccccc3)C2)c1)C(=O)O. The van der Waals surface area contributed by atoms with Gasteiger partial charge in [-0.1, -0.05) is 66.7 Å². The van der Waals surface area contributed by atoms with Crippen LogP contribution in [-0.2, 0) is 21.2 Å². The predicted molar refractivity (Wildman–Crippen MR) is 119 cm³/mol. The number of carboxylic acids is 1. The standard InChI is InChI=1S/C24H24N2O4S/c25-23(24(27)28)14-17-7-6-10-20(13-17)31(29,30)26-15-19(16-26)22-12-5-4-11-21(22)18-8-2-1-3-9-18/h1-13,19,23H,14-16,25H2,(H,27,28)/t23-/m0/s1. The molecule has 6 nitrogen and oxygen atoms in total. The van der Waals surface area contributed by atoms with Crippen LogP contribution in [0.4, 0.5) is 0 Å². The first-order valence-corrected chi connectivity index (χ1v) is 11.5. The lowest BCUT2D eigenvalue weighted by Crippen LogP contribution is -2.48. The lowest BCUT2D eigenvalue weighted by molar-refractivity contribution is -0.138. The molecular formula is C24H24N2O4S. The number of nitrogens with zero attached hydrogens (tertiary/aromatic N) is 1. The number of sulfonamides is 1. The fourth-order valence-electron chi connectivity index (χ4n) is 3.89. The Balaban J connectivity index is 1.51. The summed E-state index contributed by atoms with van der Waals surface area (Å²) < 4.78 is 27.7. The van der Waals surface area contributed by atoms with E-state index in [9.17, 15) is 13.2 Å². The molecule has 1 saturated heterocycles. The minimum atomic E-state index is -3.65. The van der Waals surface area contributed by atoms with Crippen molar-refractivity contribution in [3.63, 3.8) is 0 Å². The molecule has 7 heteroatoms. The third kappa shape index (κ3) is 4.39. The highest BCUT2D eigenvalue weighted by molar-refractivity contribution is 7.89. The molecule has 1 fully saturated rings. The number of carbonyl (C=O) groups is 1. The summed E-state index contributed by atoms with van der Waals surface area (Å²) >= 11 is 0. The smallest absolute Gasteiger partial charge is 0.320 e. The molecule has 0 amide bonds. The van der Waals surface area contributed by atoms with Gasteiger partial charge < -0.3 is 10.8 Å². The molecule has 1 heterocycles. The van der Waals surface area contributed by atoms with Crippen LogP contribution < -0.4 is 5.73 Å². The van der Waals surface area contributed by atoms with E-state index >= 15 is 0 Å². The molecule has 0 radical (unpaired) electrons. The first-order valence-electron chi connectivity index (χ1n) is 10.1. The van der Waals surface area contributed by atoms with Crippen molar-refractivity contribution in [1.82, 2.24) is 4.31 Å². The second kappa shape index (κ2) is 8.63. The Bertz CT molecular complexity index is 1190. The van der Waals surface area contributed by atoms with Crippen molar-refractivity contribution in [2.75, 3.05) is 13.1 Å². The van der Waals surface area contributed by atoms with Gasteiger partial charge in [0.05, 0.1) is 4.90 Å². The van der Waals surface area contributed by atoms with Gasteiger partial charge in [-0.2, -0.15) is 4.31 Å². The van der Waals surface area contributed by atoms with Gasteiger partial charge in [-0.05, 0) is 40.8 Å². The van der Waals surface area contributed by atoms with Crippen LogP contribution in [0.1, 0.15) is 17.0 Å². The van der Waals surface area contributed by atoms with Crippen LogP contribution in [0.25, 0.3) is 11.1 Å².